The van der Waals surface area contributed by atoms with Gasteiger partial charge in [0.1, 0.15) is 0 Å². The van der Waals surface area contributed by atoms with E-state index in [0.717, 1.165) is 43.9 Å². The van der Waals surface area contributed by atoms with E-state index < -0.39 is 0 Å². The van der Waals surface area contributed by atoms with Crippen molar-refractivity contribution in [1.29, 1.82) is 0 Å². The molecule has 0 saturated heterocycles. The van der Waals surface area contributed by atoms with Crippen molar-refractivity contribution in [3.63, 3.8) is 0 Å². The van der Waals surface area contributed by atoms with Gasteiger partial charge in [0, 0.05) is 19.3 Å². The topological polar surface area (TPSA) is 39.1 Å². The molecule has 0 unspecified atom stereocenters. The quantitative estimate of drug-likeness (QED) is 0.566. The fourth-order valence-electron chi connectivity index (χ4n) is 2.02. The van der Waals surface area contributed by atoms with Crippen molar-refractivity contribution < 1.29 is 4.74 Å². The highest BCUT2D eigenvalue weighted by Crippen LogP contribution is 2.14. The number of nitrogens with zero attached hydrogens (tertiary/aromatic N) is 2. The fourth-order valence-corrected chi connectivity index (χ4v) is 2.02. The summed E-state index contributed by atoms with van der Waals surface area (Å²) in [7, 11) is 1.72. The molecule has 0 amide bonds. The Morgan fingerprint density at radius 1 is 1.39 bits per heavy atom. The summed E-state index contributed by atoms with van der Waals surface area (Å²) in [6.45, 7) is 13.6. The first-order valence-corrected chi connectivity index (χ1v) is 6.43. The molecular weight excluding hydrogens is 226 g/mol. The lowest BCUT2D eigenvalue weighted by Crippen LogP contribution is -2.22. The van der Waals surface area contributed by atoms with Crippen LogP contribution < -0.4 is 5.32 Å². The molecule has 0 aliphatic rings. The molecule has 4 nitrogen and oxygen atoms in total. The predicted octanol–water partition coefficient (Wildman–Crippen LogP) is 1.85. The normalized spacial score (nSPS) is 10.9. The van der Waals surface area contributed by atoms with Crippen LogP contribution in [-0.2, 0) is 17.7 Å². The molecule has 0 radical (unpaired) electrons. The molecule has 0 bridgehead atoms. The van der Waals surface area contributed by atoms with Crippen LogP contribution in [0.1, 0.15) is 23.9 Å². The van der Waals surface area contributed by atoms with Gasteiger partial charge in [0.25, 0.3) is 0 Å². The van der Waals surface area contributed by atoms with E-state index in [1.165, 1.54) is 11.3 Å². The summed E-state index contributed by atoms with van der Waals surface area (Å²) in [4.78, 5) is 0. The van der Waals surface area contributed by atoms with E-state index >= 15 is 0 Å². The molecule has 1 rings (SSSR count). The van der Waals surface area contributed by atoms with Crippen molar-refractivity contribution in [3.05, 3.63) is 29.1 Å². The first-order chi connectivity index (χ1) is 8.56. The maximum Gasteiger partial charge on any atom is 0.0629 e. The Kier molecular flexibility index (Phi) is 6.09. The first kappa shape index (κ1) is 14.9. The Morgan fingerprint density at radius 2 is 2.11 bits per heavy atom. The average molecular weight is 251 g/mol. The Hall–Kier alpha value is -1.13. The van der Waals surface area contributed by atoms with Gasteiger partial charge in [-0.1, -0.05) is 12.2 Å². The third kappa shape index (κ3) is 4.27. The van der Waals surface area contributed by atoms with Gasteiger partial charge < -0.3 is 10.1 Å². The minimum atomic E-state index is 0.757. The summed E-state index contributed by atoms with van der Waals surface area (Å²) in [5.74, 6) is 0. The van der Waals surface area contributed by atoms with Gasteiger partial charge in [0.05, 0.1) is 18.8 Å². The summed E-state index contributed by atoms with van der Waals surface area (Å²) < 4.78 is 7.04. The second-order valence-corrected chi connectivity index (χ2v) is 4.76. The van der Waals surface area contributed by atoms with Crippen molar-refractivity contribution >= 4 is 0 Å². The molecule has 1 N–H and O–H groups in total. The van der Waals surface area contributed by atoms with Crippen LogP contribution >= 0.6 is 0 Å². The monoisotopic (exact) mass is 251 g/mol. The third-order valence-electron chi connectivity index (χ3n) is 2.99. The maximum absolute atomic E-state index is 5.00. The van der Waals surface area contributed by atoms with Crippen molar-refractivity contribution in [3.8, 4) is 0 Å². The lowest BCUT2D eigenvalue weighted by Gasteiger charge is -2.06. The van der Waals surface area contributed by atoms with E-state index in [2.05, 4.69) is 30.8 Å². The molecule has 0 aromatic carbocycles. The van der Waals surface area contributed by atoms with Gasteiger partial charge in [-0.25, -0.2) is 0 Å². The molecule has 102 valence electrons. The summed E-state index contributed by atoms with van der Waals surface area (Å²) in [5.41, 5.74) is 4.86. The van der Waals surface area contributed by atoms with Gasteiger partial charge in [0.15, 0.2) is 0 Å². The number of nitrogens with one attached hydrogen (secondary N) is 1. The van der Waals surface area contributed by atoms with Crippen LogP contribution in [0.2, 0.25) is 0 Å². The summed E-state index contributed by atoms with van der Waals surface area (Å²) in [6, 6.07) is 0. The van der Waals surface area contributed by atoms with Crippen LogP contribution in [0.4, 0.5) is 0 Å². The highest BCUT2D eigenvalue weighted by Gasteiger charge is 2.10. The molecule has 0 aliphatic heterocycles. The molecule has 1 aromatic heterocycles. The van der Waals surface area contributed by atoms with E-state index in [4.69, 9.17) is 4.74 Å². The molecule has 1 heterocycles. The summed E-state index contributed by atoms with van der Waals surface area (Å²) >= 11 is 0. The average Bonchev–Trinajstić information content (AvgIpc) is 2.55. The van der Waals surface area contributed by atoms with Gasteiger partial charge >= 0.3 is 0 Å². The second-order valence-electron chi connectivity index (χ2n) is 4.76. The number of rotatable bonds is 8. The summed E-state index contributed by atoms with van der Waals surface area (Å²) in [5, 5.41) is 7.93. The van der Waals surface area contributed by atoms with E-state index in [1.807, 2.05) is 11.6 Å². The van der Waals surface area contributed by atoms with E-state index in [1.54, 1.807) is 7.11 Å². The van der Waals surface area contributed by atoms with Crippen molar-refractivity contribution in [1.82, 2.24) is 15.1 Å². The van der Waals surface area contributed by atoms with E-state index in [9.17, 15) is 0 Å². The fraction of sp³-hybridized carbons (Fsp3) is 0.643. The zero-order valence-corrected chi connectivity index (χ0v) is 12.0. The van der Waals surface area contributed by atoms with Crippen LogP contribution in [0.15, 0.2) is 12.2 Å². The number of aromatic nitrogens is 2. The number of hydrogen-bond acceptors (Lipinski definition) is 3. The molecular formula is C14H25N3O. The van der Waals surface area contributed by atoms with Gasteiger partial charge in [-0.2, -0.15) is 5.10 Å². The van der Waals surface area contributed by atoms with Crippen molar-refractivity contribution in [2.45, 2.75) is 33.7 Å². The van der Waals surface area contributed by atoms with Crippen LogP contribution in [0.3, 0.4) is 0 Å². The molecule has 0 fully saturated rings. The SMILES string of the molecule is C=C(C)Cn1nc(C)c(CCNCCOC)c1C. The number of ether oxygens (including phenoxy) is 1. The molecule has 0 saturated carbocycles. The summed E-state index contributed by atoms with van der Waals surface area (Å²) in [6.07, 6.45) is 1.01. The van der Waals surface area contributed by atoms with Crippen molar-refractivity contribution in [2.75, 3.05) is 26.8 Å². The zero-order chi connectivity index (χ0) is 13.5. The highest BCUT2D eigenvalue weighted by atomic mass is 16.5. The largest absolute Gasteiger partial charge is 0.383 e. The third-order valence-corrected chi connectivity index (χ3v) is 2.99. The Morgan fingerprint density at radius 3 is 2.72 bits per heavy atom. The van der Waals surface area contributed by atoms with Gasteiger partial charge in [-0.3, -0.25) is 4.68 Å². The molecule has 1 aromatic rings. The standard InChI is InChI=1S/C14H25N3O/c1-11(2)10-17-13(4)14(12(3)16-17)6-7-15-8-9-18-5/h15H,1,6-10H2,2-5H3. The zero-order valence-electron chi connectivity index (χ0n) is 12.0. The molecule has 0 aliphatic carbocycles. The van der Waals surface area contributed by atoms with Crippen molar-refractivity contribution in [2.24, 2.45) is 0 Å². The second kappa shape index (κ2) is 7.34. The van der Waals surface area contributed by atoms with E-state index in [-0.39, 0.29) is 0 Å². The van der Waals surface area contributed by atoms with Crippen LogP contribution in [0.25, 0.3) is 0 Å². The maximum atomic E-state index is 5.00. The first-order valence-electron chi connectivity index (χ1n) is 6.43. The van der Waals surface area contributed by atoms with Crippen LogP contribution in [0, 0.1) is 13.8 Å². The number of hydrogen-bond donors (Lipinski definition) is 1. The van der Waals surface area contributed by atoms with Crippen LogP contribution in [-0.4, -0.2) is 36.6 Å². The van der Waals surface area contributed by atoms with Gasteiger partial charge in [-0.05, 0) is 39.3 Å². The van der Waals surface area contributed by atoms with Crippen LogP contribution in [0.5, 0.6) is 0 Å². The minimum absolute atomic E-state index is 0.757. The molecule has 0 atom stereocenters. The molecule has 0 spiro atoms. The molecule has 4 heteroatoms. The Balaban J connectivity index is 2.54. The minimum Gasteiger partial charge on any atom is -0.383 e. The lowest BCUT2D eigenvalue weighted by molar-refractivity contribution is 0.199. The van der Waals surface area contributed by atoms with Gasteiger partial charge in [-0.15, -0.1) is 0 Å². The number of allylic oxidation sites excluding steroid dienone is 1. The smallest absolute Gasteiger partial charge is 0.0629 e. The Bertz CT molecular complexity index is 396. The highest BCUT2D eigenvalue weighted by molar-refractivity contribution is 5.25. The molecule has 18 heavy (non-hydrogen) atoms. The lowest BCUT2D eigenvalue weighted by atomic mass is 10.1. The predicted molar refractivity (Wildman–Crippen MR) is 75.0 cm³/mol. The van der Waals surface area contributed by atoms with Gasteiger partial charge in [0.2, 0.25) is 0 Å². The number of aryl methyl sites for hydroxylation is 1. The number of methoxy groups -OCH3 is 1. The Labute approximate surface area is 110 Å². The van der Waals surface area contributed by atoms with E-state index in [0.29, 0.717) is 0 Å².